The van der Waals surface area contributed by atoms with E-state index < -0.39 is 10.8 Å². The molecule has 0 aliphatic heterocycles. The van der Waals surface area contributed by atoms with Crippen LogP contribution in [0.1, 0.15) is 30.7 Å². The molecule has 162 valence electrons. The van der Waals surface area contributed by atoms with E-state index in [1.54, 1.807) is 0 Å². The second-order valence-electron chi connectivity index (χ2n) is 7.02. The Morgan fingerprint density at radius 2 is 1.97 bits per heavy atom. The molecule has 31 heavy (non-hydrogen) atoms. The first-order chi connectivity index (χ1) is 14.7. The van der Waals surface area contributed by atoms with Crippen LogP contribution in [0.25, 0.3) is 16.5 Å². The molecular formula is C23H24N2O6. The van der Waals surface area contributed by atoms with Gasteiger partial charge in [0.2, 0.25) is 5.91 Å². The standard InChI is InChI=1S/C23H24N2O6/c1-6-30-20-12-21-18(14(3)15(4)31-21)11-17(20)13(2)9-23(26)24-19-8-7-16(25(27)28)10-22(19)29-5/h7-12H,6H2,1-5H3,(H,24,26)/b13-9+. The number of nitrogens with one attached hydrogen (secondary N) is 1. The Balaban J connectivity index is 1.94. The molecule has 1 amide bonds. The zero-order valence-corrected chi connectivity index (χ0v) is 18.1. The number of nitro benzene ring substituents is 1. The van der Waals surface area contributed by atoms with Crippen molar-refractivity contribution in [3.05, 3.63) is 63.4 Å². The van der Waals surface area contributed by atoms with Gasteiger partial charge in [0.25, 0.3) is 5.69 Å². The summed E-state index contributed by atoms with van der Waals surface area (Å²) in [4.78, 5) is 23.1. The summed E-state index contributed by atoms with van der Waals surface area (Å²) in [6, 6.07) is 7.80. The number of hydrogen-bond acceptors (Lipinski definition) is 6. The van der Waals surface area contributed by atoms with Crippen LogP contribution in [0.4, 0.5) is 11.4 Å². The maximum atomic E-state index is 12.7. The lowest BCUT2D eigenvalue weighted by Crippen LogP contribution is -2.10. The number of hydrogen-bond donors (Lipinski definition) is 1. The number of anilines is 1. The second kappa shape index (κ2) is 8.91. The van der Waals surface area contributed by atoms with E-state index in [-0.39, 0.29) is 11.4 Å². The average molecular weight is 424 g/mol. The predicted molar refractivity (Wildman–Crippen MR) is 119 cm³/mol. The third-order valence-corrected chi connectivity index (χ3v) is 5.00. The number of amides is 1. The fourth-order valence-corrected chi connectivity index (χ4v) is 3.29. The van der Waals surface area contributed by atoms with Crippen molar-refractivity contribution in [3.8, 4) is 11.5 Å². The van der Waals surface area contributed by atoms with Gasteiger partial charge in [0.05, 0.1) is 30.4 Å². The van der Waals surface area contributed by atoms with E-state index in [1.807, 2.05) is 39.8 Å². The topological polar surface area (TPSA) is 104 Å². The van der Waals surface area contributed by atoms with E-state index in [4.69, 9.17) is 13.9 Å². The molecule has 0 aliphatic rings. The van der Waals surface area contributed by atoms with Crippen molar-refractivity contribution in [3.63, 3.8) is 0 Å². The molecule has 0 atom stereocenters. The number of ether oxygens (including phenoxy) is 2. The van der Waals surface area contributed by atoms with Crippen LogP contribution in [0.5, 0.6) is 11.5 Å². The first-order valence-electron chi connectivity index (χ1n) is 9.73. The molecule has 8 heteroatoms. The molecule has 1 aromatic heterocycles. The number of furan rings is 1. The van der Waals surface area contributed by atoms with Crippen LogP contribution in [0, 0.1) is 24.0 Å². The SMILES string of the molecule is CCOc1cc2oc(C)c(C)c2cc1/C(C)=C/C(=O)Nc1ccc([N+](=O)[O-])cc1OC. The minimum absolute atomic E-state index is 0.123. The van der Waals surface area contributed by atoms with Gasteiger partial charge in [0.1, 0.15) is 22.8 Å². The van der Waals surface area contributed by atoms with Gasteiger partial charge in [-0.25, -0.2) is 0 Å². The molecule has 0 saturated heterocycles. The van der Waals surface area contributed by atoms with Gasteiger partial charge >= 0.3 is 0 Å². The third-order valence-electron chi connectivity index (χ3n) is 5.00. The normalized spacial score (nSPS) is 11.5. The molecule has 3 aromatic rings. The maximum absolute atomic E-state index is 12.7. The highest BCUT2D eigenvalue weighted by Gasteiger charge is 2.16. The number of nitrogens with zero attached hydrogens (tertiary/aromatic N) is 1. The van der Waals surface area contributed by atoms with Crippen LogP contribution in [0.3, 0.4) is 0 Å². The Kier molecular flexibility index (Phi) is 6.29. The Morgan fingerprint density at radius 3 is 2.61 bits per heavy atom. The van der Waals surface area contributed by atoms with Crippen molar-refractivity contribution in [2.24, 2.45) is 0 Å². The zero-order chi connectivity index (χ0) is 22.7. The number of fused-ring (bicyclic) bond motifs is 1. The summed E-state index contributed by atoms with van der Waals surface area (Å²) in [6.45, 7) is 8.06. The highest BCUT2D eigenvalue weighted by molar-refractivity contribution is 6.05. The highest BCUT2D eigenvalue weighted by atomic mass is 16.6. The van der Waals surface area contributed by atoms with Crippen molar-refractivity contribution in [1.82, 2.24) is 0 Å². The van der Waals surface area contributed by atoms with Crippen molar-refractivity contribution in [2.75, 3.05) is 19.0 Å². The molecule has 3 rings (SSSR count). The maximum Gasteiger partial charge on any atom is 0.273 e. The van der Waals surface area contributed by atoms with Crippen LogP contribution in [-0.4, -0.2) is 24.5 Å². The lowest BCUT2D eigenvalue weighted by Gasteiger charge is -2.12. The van der Waals surface area contributed by atoms with Crippen molar-refractivity contribution >= 4 is 33.8 Å². The predicted octanol–water partition coefficient (Wildman–Crippen LogP) is 5.41. The molecule has 0 bridgehead atoms. The summed E-state index contributed by atoms with van der Waals surface area (Å²) in [7, 11) is 1.38. The summed E-state index contributed by atoms with van der Waals surface area (Å²) in [5, 5.41) is 14.6. The fraction of sp³-hybridized carbons (Fsp3) is 0.261. The molecule has 0 fully saturated rings. The van der Waals surface area contributed by atoms with Gasteiger partial charge in [-0.15, -0.1) is 0 Å². The van der Waals surface area contributed by atoms with E-state index in [2.05, 4.69) is 5.32 Å². The van der Waals surface area contributed by atoms with Crippen molar-refractivity contribution in [1.29, 1.82) is 0 Å². The first-order valence-corrected chi connectivity index (χ1v) is 9.73. The highest BCUT2D eigenvalue weighted by Crippen LogP contribution is 2.35. The number of carbonyl (C=O) groups excluding carboxylic acids is 1. The Labute approximate surface area is 179 Å². The average Bonchev–Trinajstić information content (AvgIpc) is 3.00. The van der Waals surface area contributed by atoms with Gasteiger partial charge in [-0.3, -0.25) is 14.9 Å². The number of aryl methyl sites for hydroxylation is 2. The lowest BCUT2D eigenvalue weighted by atomic mass is 10.0. The van der Waals surface area contributed by atoms with Crippen LogP contribution in [-0.2, 0) is 4.79 Å². The van der Waals surface area contributed by atoms with Crippen molar-refractivity contribution in [2.45, 2.75) is 27.7 Å². The van der Waals surface area contributed by atoms with Gasteiger partial charge < -0.3 is 19.2 Å². The molecule has 1 heterocycles. The number of methoxy groups -OCH3 is 1. The molecular weight excluding hydrogens is 400 g/mol. The Hall–Kier alpha value is -3.81. The number of benzene rings is 2. The van der Waals surface area contributed by atoms with Crippen LogP contribution < -0.4 is 14.8 Å². The molecule has 0 aliphatic carbocycles. The van der Waals surface area contributed by atoms with Gasteiger partial charge in [0.15, 0.2) is 0 Å². The Morgan fingerprint density at radius 1 is 1.23 bits per heavy atom. The van der Waals surface area contributed by atoms with Gasteiger partial charge in [-0.2, -0.15) is 0 Å². The minimum atomic E-state index is -0.525. The molecule has 0 radical (unpaired) electrons. The molecule has 0 unspecified atom stereocenters. The zero-order valence-electron chi connectivity index (χ0n) is 18.1. The van der Waals surface area contributed by atoms with E-state index in [1.165, 1.54) is 31.4 Å². The quantitative estimate of drug-likeness (QED) is 0.309. The van der Waals surface area contributed by atoms with E-state index in [0.29, 0.717) is 23.6 Å². The van der Waals surface area contributed by atoms with Crippen molar-refractivity contribution < 1.29 is 23.6 Å². The number of nitro groups is 1. The molecule has 8 nitrogen and oxygen atoms in total. The molecule has 2 aromatic carbocycles. The summed E-state index contributed by atoms with van der Waals surface area (Å²) in [6.07, 6.45) is 1.45. The van der Waals surface area contributed by atoms with Crippen LogP contribution in [0.2, 0.25) is 0 Å². The molecule has 1 N–H and O–H groups in total. The lowest BCUT2D eigenvalue weighted by molar-refractivity contribution is -0.384. The van der Waals surface area contributed by atoms with E-state index >= 15 is 0 Å². The third kappa shape index (κ3) is 4.53. The monoisotopic (exact) mass is 424 g/mol. The van der Waals surface area contributed by atoms with Gasteiger partial charge in [-0.1, -0.05) is 0 Å². The molecule has 0 saturated carbocycles. The number of allylic oxidation sites excluding steroid dienone is 1. The van der Waals surface area contributed by atoms with Crippen LogP contribution >= 0.6 is 0 Å². The van der Waals surface area contributed by atoms with Gasteiger partial charge in [-0.05, 0) is 51.0 Å². The Bertz CT molecular complexity index is 1190. The second-order valence-corrected chi connectivity index (χ2v) is 7.02. The smallest absolute Gasteiger partial charge is 0.273 e. The summed E-state index contributed by atoms with van der Waals surface area (Å²) < 4.78 is 16.7. The minimum Gasteiger partial charge on any atom is -0.494 e. The summed E-state index contributed by atoms with van der Waals surface area (Å²) in [5.74, 6) is 1.26. The fourth-order valence-electron chi connectivity index (χ4n) is 3.29. The van der Waals surface area contributed by atoms with Crippen LogP contribution in [0.15, 0.2) is 40.8 Å². The van der Waals surface area contributed by atoms with Gasteiger partial charge in [0, 0.05) is 29.2 Å². The van der Waals surface area contributed by atoms with E-state index in [9.17, 15) is 14.9 Å². The van der Waals surface area contributed by atoms with E-state index in [0.717, 1.165) is 27.9 Å². The number of carbonyl (C=O) groups is 1. The number of rotatable bonds is 7. The summed E-state index contributed by atoms with van der Waals surface area (Å²) in [5.41, 5.74) is 3.46. The summed E-state index contributed by atoms with van der Waals surface area (Å²) >= 11 is 0. The number of non-ortho nitro benzene ring substituents is 1. The largest absolute Gasteiger partial charge is 0.494 e. The first kappa shape index (κ1) is 21.9. The molecule has 0 spiro atoms.